The first kappa shape index (κ1) is 6.29. The minimum absolute atomic E-state index is 0.0914. The summed E-state index contributed by atoms with van der Waals surface area (Å²) < 4.78 is 9.38. The third-order valence-electron chi connectivity index (χ3n) is 1.16. The molecule has 0 aromatic carbocycles. The maximum absolute atomic E-state index is 10.5. The predicted molar refractivity (Wildman–Crippen MR) is 30.6 cm³/mol. The molecule has 0 radical (unpaired) electrons. The van der Waals surface area contributed by atoms with Crippen molar-refractivity contribution in [1.29, 1.82) is 0 Å². The van der Waals surface area contributed by atoms with Crippen molar-refractivity contribution in [2.75, 3.05) is 7.11 Å². The molecule has 0 spiro atoms. The molecule has 0 bridgehead atoms. The van der Waals surface area contributed by atoms with Gasteiger partial charge in [-0.05, 0) is 6.08 Å². The standard InChI is InChI=1S/C6H8O3/c1-8-5-2-3-9-6(7)4-5/h2-3,5H,4H2,1H3. The van der Waals surface area contributed by atoms with Crippen LogP contribution in [0.25, 0.3) is 0 Å². The van der Waals surface area contributed by atoms with E-state index in [0.717, 1.165) is 0 Å². The van der Waals surface area contributed by atoms with Crippen LogP contribution in [0.4, 0.5) is 0 Å². The highest BCUT2D eigenvalue weighted by atomic mass is 16.5. The Morgan fingerprint density at radius 3 is 3.11 bits per heavy atom. The molecule has 1 unspecified atom stereocenters. The summed E-state index contributed by atoms with van der Waals surface area (Å²) in [5, 5.41) is 0. The molecule has 1 aliphatic heterocycles. The number of rotatable bonds is 1. The number of hydrogen-bond donors (Lipinski definition) is 0. The molecule has 0 aliphatic carbocycles. The molecule has 9 heavy (non-hydrogen) atoms. The van der Waals surface area contributed by atoms with Crippen LogP contribution in [0, 0.1) is 0 Å². The molecule has 0 aromatic rings. The largest absolute Gasteiger partial charge is 0.435 e. The zero-order valence-electron chi connectivity index (χ0n) is 5.16. The van der Waals surface area contributed by atoms with Crippen molar-refractivity contribution >= 4 is 5.97 Å². The second-order valence-electron chi connectivity index (χ2n) is 1.80. The molecule has 1 atom stereocenters. The summed E-state index contributed by atoms with van der Waals surface area (Å²) >= 11 is 0. The van der Waals surface area contributed by atoms with E-state index in [0.29, 0.717) is 6.42 Å². The van der Waals surface area contributed by atoms with Gasteiger partial charge in [0.15, 0.2) is 0 Å². The maximum Gasteiger partial charge on any atom is 0.313 e. The monoisotopic (exact) mass is 128 g/mol. The van der Waals surface area contributed by atoms with E-state index in [9.17, 15) is 4.79 Å². The lowest BCUT2D eigenvalue weighted by Crippen LogP contribution is -2.18. The topological polar surface area (TPSA) is 35.5 Å². The number of ether oxygens (including phenoxy) is 2. The average molecular weight is 128 g/mol. The normalized spacial score (nSPS) is 25.9. The zero-order chi connectivity index (χ0) is 6.69. The van der Waals surface area contributed by atoms with Crippen LogP contribution in [0.15, 0.2) is 12.3 Å². The Labute approximate surface area is 53.3 Å². The van der Waals surface area contributed by atoms with Crippen LogP contribution in [0.1, 0.15) is 6.42 Å². The fourth-order valence-electron chi connectivity index (χ4n) is 0.645. The van der Waals surface area contributed by atoms with Gasteiger partial charge in [-0.15, -0.1) is 0 Å². The van der Waals surface area contributed by atoms with E-state index >= 15 is 0 Å². The number of carbonyl (C=O) groups is 1. The van der Waals surface area contributed by atoms with Crippen molar-refractivity contribution in [2.24, 2.45) is 0 Å². The number of cyclic esters (lactones) is 1. The SMILES string of the molecule is COC1C=COC(=O)C1. The third-order valence-corrected chi connectivity index (χ3v) is 1.16. The van der Waals surface area contributed by atoms with Crippen LogP contribution in [0.3, 0.4) is 0 Å². The van der Waals surface area contributed by atoms with Crippen molar-refractivity contribution in [3.05, 3.63) is 12.3 Å². The van der Waals surface area contributed by atoms with Gasteiger partial charge in [0.2, 0.25) is 0 Å². The third kappa shape index (κ3) is 1.54. The van der Waals surface area contributed by atoms with Crippen molar-refractivity contribution in [1.82, 2.24) is 0 Å². The van der Waals surface area contributed by atoms with E-state index in [1.54, 1.807) is 13.2 Å². The summed E-state index contributed by atoms with van der Waals surface area (Å²) in [5.74, 6) is -0.232. The summed E-state index contributed by atoms with van der Waals surface area (Å²) in [5.41, 5.74) is 0. The Morgan fingerprint density at radius 1 is 1.89 bits per heavy atom. The van der Waals surface area contributed by atoms with Crippen molar-refractivity contribution in [3.8, 4) is 0 Å². The summed E-state index contributed by atoms with van der Waals surface area (Å²) in [4.78, 5) is 10.5. The van der Waals surface area contributed by atoms with Gasteiger partial charge in [-0.25, -0.2) is 0 Å². The van der Waals surface area contributed by atoms with Crippen LogP contribution in [-0.2, 0) is 14.3 Å². The highest BCUT2D eigenvalue weighted by Gasteiger charge is 2.14. The summed E-state index contributed by atoms with van der Waals surface area (Å²) in [6, 6.07) is 0. The maximum atomic E-state index is 10.5. The van der Waals surface area contributed by atoms with Crippen LogP contribution < -0.4 is 0 Å². The summed E-state index contributed by atoms with van der Waals surface area (Å²) in [7, 11) is 1.56. The van der Waals surface area contributed by atoms with Crippen molar-refractivity contribution in [3.63, 3.8) is 0 Å². The van der Waals surface area contributed by atoms with Crippen LogP contribution in [0.2, 0.25) is 0 Å². The smallest absolute Gasteiger partial charge is 0.313 e. The first-order chi connectivity index (χ1) is 4.33. The van der Waals surface area contributed by atoms with Crippen molar-refractivity contribution in [2.45, 2.75) is 12.5 Å². The molecule has 1 heterocycles. The number of esters is 1. The highest BCUT2D eigenvalue weighted by molar-refractivity contribution is 5.71. The number of hydrogen-bond acceptors (Lipinski definition) is 3. The fourth-order valence-corrected chi connectivity index (χ4v) is 0.645. The molecule has 0 fully saturated rings. The van der Waals surface area contributed by atoms with Gasteiger partial charge in [0.25, 0.3) is 0 Å². The Morgan fingerprint density at radius 2 is 2.67 bits per heavy atom. The Bertz CT molecular complexity index is 139. The molecule has 0 N–H and O–H groups in total. The number of carbonyl (C=O) groups excluding carboxylic acids is 1. The quantitative estimate of drug-likeness (QED) is 0.481. The molecule has 0 aromatic heterocycles. The van der Waals surface area contributed by atoms with E-state index in [2.05, 4.69) is 4.74 Å². The van der Waals surface area contributed by atoms with E-state index in [-0.39, 0.29) is 12.1 Å². The fraction of sp³-hybridized carbons (Fsp3) is 0.500. The minimum Gasteiger partial charge on any atom is -0.435 e. The van der Waals surface area contributed by atoms with Crippen LogP contribution >= 0.6 is 0 Å². The van der Waals surface area contributed by atoms with Crippen LogP contribution in [0.5, 0.6) is 0 Å². The minimum atomic E-state index is -0.232. The summed E-state index contributed by atoms with van der Waals surface area (Å²) in [6.07, 6.45) is 3.31. The molecule has 3 heteroatoms. The predicted octanol–water partition coefficient (Wildman–Crippen LogP) is 0.462. The van der Waals surface area contributed by atoms with E-state index < -0.39 is 0 Å². The van der Waals surface area contributed by atoms with Gasteiger partial charge in [0, 0.05) is 7.11 Å². The first-order valence-corrected chi connectivity index (χ1v) is 2.72. The molecule has 1 rings (SSSR count). The molecule has 1 aliphatic rings. The lowest BCUT2D eigenvalue weighted by Gasteiger charge is -2.12. The van der Waals surface area contributed by atoms with Gasteiger partial charge in [0.05, 0.1) is 18.8 Å². The van der Waals surface area contributed by atoms with Gasteiger partial charge in [-0.3, -0.25) is 4.79 Å². The second-order valence-corrected chi connectivity index (χ2v) is 1.80. The Kier molecular flexibility index (Phi) is 1.85. The molecular weight excluding hydrogens is 120 g/mol. The molecule has 3 nitrogen and oxygen atoms in total. The van der Waals surface area contributed by atoms with Gasteiger partial charge in [-0.1, -0.05) is 0 Å². The zero-order valence-corrected chi connectivity index (χ0v) is 5.16. The van der Waals surface area contributed by atoms with Crippen molar-refractivity contribution < 1.29 is 14.3 Å². The molecule has 0 saturated heterocycles. The van der Waals surface area contributed by atoms with Gasteiger partial charge >= 0.3 is 5.97 Å². The number of methoxy groups -OCH3 is 1. The lowest BCUT2D eigenvalue weighted by atomic mass is 10.2. The van der Waals surface area contributed by atoms with E-state index in [1.807, 2.05) is 0 Å². The molecule has 0 saturated carbocycles. The summed E-state index contributed by atoms with van der Waals surface area (Å²) in [6.45, 7) is 0. The Balaban J connectivity index is 2.49. The molecule has 50 valence electrons. The molecular formula is C6H8O3. The highest BCUT2D eigenvalue weighted by Crippen LogP contribution is 2.06. The lowest BCUT2D eigenvalue weighted by molar-refractivity contribution is -0.141. The van der Waals surface area contributed by atoms with Gasteiger partial charge < -0.3 is 9.47 Å². The van der Waals surface area contributed by atoms with E-state index in [4.69, 9.17) is 4.74 Å². The average Bonchev–Trinajstić information content (AvgIpc) is 1.88. The van der Waals surface area contributed by atoms with Crippen LogP contribution in [-0.4, -0.2) is 19.2 Å². The van der Waals surface area contributed by atoms with Gasteiger partial charge in [-0.2, -0.15) is 0 Å². The van der Waals surface area contributed by atoms with E-state index in [1.165, 1.54) is 6.26 Å². The van der Waals surface area contributed by atoms with Gasteiger partial charge in [0.1, 0.15) is 0 Å². The Hall–Kier alpha value is -0.830. The first-order valence-electron chi connectivity index (χ1n) is 2.72. The molecule has 0 amide bonds. The second kappa shape index (κ2) is 2.64.